The van der Waals surface area contributed by atoms with Crippen LogP contribution >= 0.6 is 0 Å². The molecule has 0 bridgehead atoms. The highest BCUT2D eigenvalue weighted by Crippen LogP contribution is 2.28. The fraction of sp³-hybridized carbons (Fsp3) is 0.867. The number of aliphatic hydroxyl groups excluding tert-OH is 1. The van der Waals surface area contributed by atoms with Gasteiger partial charge in [-0.2, -0.15) is 0 Å². The number of amides is 2. The van der Waals surface area contributed by atoms with Crippen LogP contribution in [-0.2, 0) is 4.79 Å². The Labute approximate surface area is 125 Å². The van der Waals surface area contributed by atoms with Gasteiger partial charge in [-0.05, 0) is 18.8 Å². The van der Waals surface area contributed by atoms with Crippen molar-refractivity contribution in [3.8, 4) is 0 Å². The lowest BCUT2D eigenvalue weighted by Gasteiger charge is -2.35. The molecule has 1 aliphatic heterocycles. The number of hydrogen-bond donors (Lipinski definition) is 2. The predicted molar refractivity (Wildman–Crippen MR) is 77.9 cm³/mol. The van der Waals surface area contributed by atoms with Gasteiger partial charge in [-0.3, -0.25) is 0 Å². The number of rotatable bonds is 4. The van der Waals surface area contributed by atoms with Crippen LogP contribution < -0.4 is 0 Å². The number of nitrogens with zero attached hydrogens (tertiary/aromatic N) is 2. The van der Waals surface area contributed by atoms with Gasteiger partial charge in [0.1, 0.15) is 6.04 Å². The van der Waals surface area contributed by atoms with Crippen LogP contribution in [0, 0.1) is 5.92 Å². The minimum absolute atomic E-state index is 0.122. The van der Waals surface area contributed by atoms with Crippen molar-refractivity contribution in [2.45, 2.75) is 64.1 Å². The topological polar surface area (TPSA) is 81.1 Å². The van der Waals surface area contributed by atoms with Crippen molar-refractivity contribution in [1.82, 2.24) is 9.80 Å². The molecule has 1 saturated heterocycles. The molecule has 1 aliphatic carbocycles. The molecule has 1 unspecified atom stereocenters. The molecule has 2 N–H and O–H groups in total. The quantitative estimate of drug-likeness (QED) is 0.824. The summed E-state index contributed by atoms with van der Waals surface area (Å²) in [5, 5.41) is 19.0. The van der Waals surface area contributed by atoms with E-state index in [9.17, 15) is 19.8 Å². The van der Waals surface area contributed by atoms with Crippen molar-refractivity contribution in [3.63, 3.8) is 0 Å². The van der Waals surface area contributed by atoms with E-state index in [0.29, 0.717) is 12.5 Å². The van der Waals surface area contributed by atoms with Crippen LogP contribution in [0.1, 0.15) is 46.0 Å². The van der Waals surface area contributed by atoms with Crippen molar-refractivity contribution in [1.29, 1.82) is 0 Å². The number of carbonyl (C=O) groups is 2. The van der Waals surface area contributed by atoms with Crippen LogP contribution in [0.2, 0.25) is 0 Å². The summed E-state index contributed by atoms with van der Waals surface area (Å²) < 4.78 is 0. The Kier molecular flexibility index (Phi) is 5.08. The van der Waals surface area contributed by atoms with Gasteiger partial charge in [0.15, 0.2) is 0 Å². The summed E-state index contributed by atoms with van der Waals surface area (Å²) in [6.45, 7) is 4.88. The third kappa shape index (κ3) is 3.67. The fourth-order valence-electron chi connectivity index (χ4n) is 3.42. The van der Waals surface area contributed by atoms with Gasteiger partial charge in [0.05, 0.1) is 6.10 Å². The number of carbonyl (C=O) groups excluding carboxylic acids is 1. The van der Waals surface area contributed by atoms with Gasteiger partial charge in [-0.1, -0.05) is 26.7 Å². The Morgan fingerprint density at radius 3 is 2.43 bits per heavy atom. The first-order chi connectivity index (χ1) is 9.90. The fourth-order valence-corrected chi connectivity index (χ4v) is 3.42. The number of hydrogen-bond acceptors (Lipinski definition) is 3. The molecule has 6 nitrogen and oxygen atoms in total. The molecule has 0 aromatic carbocycles. The molecule has 2 aliphatic rings. The summed E-state index contributed by atoms with van der Waals surface area (Å²) in [5.41, 5.74) is 0. The zero-order chi connectivity index (χ0) is 15.6. The molecule has 0 aromatic heterocycles. The second-order valence-corrected chi connectivity index (χ2v) is 6.66. The lowest BCUT2D eigenvalue weighted by Crippen LogP contribution is -2.52. The first-order valence-corrected chi connectivity index (χ1v) is 7.88. The van der Waals surface area contributed by atoms with E-state index in [-0.39, 0.29) is 25.0 Å². The van der Waals surface area contributed by atoms with Gasteiger partial charge in [0.2, 0.25) is 0 Å². The summed E-state index contributed by atoms with van der Waals surface area (Å²) in [6.07, 6.45) is 3.62. The maximum atomic E-state index is 12.8. The van der Waals surface area contributed by atoms with Crippen molar-refractivity contribution in [3.05, 3.63) is 0 Å². The van der Waals surface area contributed by atoms with Gasteiger partial charge in [-0.15, -0.1) is 0 Å². The van der Waals surface area contributed by atoms with Crippen molar-refractivity contribution in [2.24, 2.45) is 5.92 Å². The van der Waals surface area contributed by atoms with Crippen LogP contribution in [-0.4, -0.2) is 63.3 Å². The molecule has 0 spiro atoms. The van der Waals surface area contributed by atoms with E-state index < -0.39 is 18.1 Å². The van der Waals surface area contributed by atoms with Crippen LogP contribution in [0.4, 0.5) is 4.79 Å². The molecule has 0 radical (unpaired) electrons. The predicted octanol–water partition coefficient (Wildman–Crippen LogP) is 1.53. The van der Waals surface area contributed by atoms with Gasteiger partial charge in [-0.25, -0.2) is 9.59 Å². The van der Waals surface area contributed by atoms with Gasteiger partial charge < -0.3 is 20.0 Å². The number of likely N-dealkylation sites (tertiary alicyclic amines) is 1. The Bertz CT molecular complexity index is 393. The summed E-state index contributed by atoms with van der Waals surface area (Å²) in [6, 6.07) is -0.907. The molecular formula is C15H26N2O4. The molecule has 1 saturated carbocycles. The Morgan fingerprint density at radius 1 is 1.29 bits per heavy atom. The minimum Gasteiger partial charge on any atom is -0.480 e. The Hall–Kier alpha value is -1.30. The molecule has 2 rings (SSSR count). The lowest BCUT2D eigenvalue weighted by atomic mass is 10.1. The van der Waals surface area contributed by atoms with E-state index in [4.69, 9.17) is 0 Å². The Balaban J connectivity index is 2.14. The first kappa shape index (κ1) is 16.1. The average molecular weight is 298 g/mol. The van der Waals surface area contributed by atoms with E-state index in [2.05, 4.69) is 13.8 Å². The van der Waals surface area contributed by atoms with E-state index in [0.717, 1.165) is 25.7 Å². The third-order valence-electron chi connectivity index (χ3n) is 4.38. The summed E-state index contributed by atoms with van der Waals surface area (Å²) >= 11 is 0. The summed E-state index contributed by atoms with van der Waals surface area (Å²) in [5.74, 6) is -0.693. The minimum atomic E-state index is -1.03. The second-order valence-electron chi connectivity index (χ2n) is 6.66. The average Bonchev–Trinajstić information content (AvgIpc) is 3.03. The zero-order valence-corrected chi connectivity index (χ0v) is 12.9. The molecule has 2 amide bonds. The number of carboxylic acid groups (broad SMARTS) is 1. The number of urea groups is 1. The monoisotopic (exact) mass is 298 g/mol. The normalized spacial score (nSPS) is 26.6. The van der Waals surface area contributed by atoms with Crippen LogP contribution in [0.25, 0.3) is 0 Å². The van der Waals surface area contributed by atoms with Gasteiger partial charge in [0, 0.05) is 25.6 Å². The Morgan fingerprint density at radius 2 is 1.90 bits per heavy atom. The molecule has 1 heterocycles. The molecule has 21 heavy (non-hydrogen) atoms. The van der Waals surface area contributed by atoms with E-state index in [1.165, 1.54) is 4.90 Å². The van der Waals surface area contributed by atoms with Crippen molar-refractivity contribution in [2.75, 3.05) is 13.1 Å². The molecule has 0 aromatic rings. The first-order valence-electron chi connectivity index (χ1n) is 7.88. The maximum absolute atomic E-state index is 12.8. The van der Waals surface area contributed by atoms with Gasteiger partial charge >= 0.3 is 12.0 Å². The standard InChI is InChI=1S/C15H26N2O4/c1-10(2)8-16(11-5-3-4-6-11)15(21)17-9-12(18)7-13(17)14(19)20/h10-13,18H,3-9H2,1-2H3,(H,19,20)/t12?,13-/m0/s1. The molecule has 120 valence electrons. The lowest BCUT2D eigenvalue weighted by molar-refractivity contribution is -0.141. The van der Waals surface area contributed by atoms with Crippen molar-refractivity contribution < 1.29 is 19.8 Å². The molecule has 2 atom stereocenters. The van der Waals surface area contributed by atoms with E-state index >= 15 is 0 Å². The van der Waals surface area contributed by atoms with Crippen LogP contribution in [0.5, 0.6) is 0 Å². The zero-order valence-electron chi connectivity index (χ0n) is 12.9. The molecule has 6 heteroatoms. The molecular weight excluding hydrogens is 272 g/mol. The number of β-amino-alcohol motifs (C(OH)–C–C–N with tert-alkyl or cyclic N) is 1. The summed E-state index contributed by atoms with van der Waals surface area (Å²) in [7, 11) is 0. The summed E-state index contributed by atoms with van der Waals surface area (Å²) in [4.78, 5) is 27.3. The highest BCUT2D eigenvalue weighted by molar-refractivity contribution is 5.83. The number of carboxylic acids is 1. The second kappa shape index (κ2) is 6.64. The third-order valence-corrected chi connectivity index (χ3v) is 4.38. The molecule has 2 fully saturated rings. The smallest absolute Gasteiger partial charge is 0.326 e. The van der Waals surface area contributed by atoms with E-state index in [1.807, 2.05) is 4.90 Å². The SMILES string of the molecule is CC(C)CN(C(=O)N1CC(O)C[C@H]1C(=O)O)C1CCCC1. The largest absolute Gasteiger partial charge is 0.480 e. The van der Waals surface area contributed by atoms with Crippen LogP contribution in [0.3, 0.4) is 0 Å². The highest BCUT2D eigenvalue weighted by atomic mass is 16.4. The van der Waals surface area contributed by atoms with Crippen molar-refractivity contribution >= 4 is 12.0 Å². The van der Waals surface area contributed by atoms with Crippen LogP contribution in [0.15, 0.2) is 0 Å². The van der Waals surface area contributed by atoms with E-state index in [1.54, 1.807) is 0 Å². The van der Waals surface area contributed by atoms with Gasteiger partial charge in [0.25, 0.3) is 0 Å². The number of aliphatic hydroxyl groups is 1. The number of aliphatic carboxylic acids is 1. The highest BCUT2D eigenvalue weighted by Gasteiger charge is 2.42. The maximum Gasteiger partial charge on any atom is 0.326 e.